The molecule has 6 nitrogen and oxygen atoms in total. The van der Waals surface area contributed by atoms with E-state index in [1.165, 1.54) is 5.56 Å². The Balaban J connectivity index is 1.06. The number of benzene rings is 9. The summed E-state index contributed by atoms with van der Waals surface area (Å²) in [6, 6.07) is 48.7. The van der Waals surface area contributed by atoms with Crippen molar-refractivity contribution in [1.82, 2.24) is 23.3 Å². The van der Waals surface area contributed by atoms with Gasteiger partial charge in [-0.25, -0.2) is 0 Å². The molecule has 4 heterocycles. The van der Waals surface area contributed by atoms with Crippen molar-refractivity contribution in [1.29, 1.82) is 0 Å². The van der Waals surface area contributed by atoms with Crippen LogP contribution in [0.1, 0.15) is 66.4 Å². The van der Waals surface area contributed by atoms with Gasteiger partial charge in [0.25, 0.3) is 0 Å². The van der Waals surface area contributed by atoms with Crippen LogP contribution in [0.3, 0.4) is 0 Å². The first-order chi connectivity index (χ1) is 40.5. The van der Waals surface area contributed by atoms with Crippen LogP contribution in [0.5, 0.6) is 11.5 Å². The number of pyridine rings is 1. The van der Waals surface area contributed by atoms with Gasteiger partial charge in [-0.1, -0.05) is 47.6 Å². The fourth-order valence-electron chi connectivity index (χ4n) is 10.3. The van der Waals surface area contributed by atoms with Gasteiger partial charge in [0.15, 0.2) is 0 Å². The first kappa shape index (κ1) is 36.6. The van der Waals surface area contributed by atoms with Crippen LogP contribution in [0.15, 0.2) is 212 Å². The van der Waals surface area contributed by atoms with Crippen molar-refractivity contribution in [2.75, 3.05) is 0 Å². The summed E-state index contributed by atoms with van der Waals surface area (Å²) in [7, 11) is 0. The zero-order valence-electron chi connectivity index (χ0n) is 51.9. The van der Waals surface area contributed by atoms with E-state index in [9.17, 15) is 5.48 Å². The molecule has 0 unspecified atom stereocenters. The Hall–Kier alpha value is -8.31. The SMILES string of the molecule is [2H]c1c([2H])c([2H])c(-c2cc(-n3c4ccccc4c4ccccc43)cc(-c3c([2H])c([2H])c([2H])c([2H])c3[2H])c2-n2[c](=[Pt])n(-c3[c-]c(Oc4[c-]c5c(cc4)c4cc(C(C)(C)C)ccc4n5-c4cc(C(C)(C)C)ccn4)ccc3)c3ccccc32)c([2H])c1[2H]. The molecule has 0 bridgehead atoms. The molecule has 368 valence electrons. The van der Waals surface area contributed by atoms with Gasteiger partial charge in [-0.2, -0.15) is 0 Å². The van der Waals surface area contributed by atoms with Crippen LogP contribution in [0.25, 0.3) is 99.8 Å². The van der Waals surface area contributed by atoms with Gasteiger partial charge < -0.3 is 0 Å². The molecule has 0 spiro atoms. The predicted molar refractivity (Wildman–Crippen MR) is 305 cm³/mol. The quantitative estimate of drug-likeness (QED) is 0.142. The molecule has 0 aliphatic carbocycles. The van der Waals surface area contributed by atoms with Gasteiger partial charge in [-0.3, -0.25) is 0 Å². The summed E-state index contributed by atoms with van der Waals surface area (Å²) < 4.78 is 107. The minimum atomic E-state index is -0.584. The van der Waals surface area contributed by atoms with Gasteiger partial charge in [0.05, 0.1) is 0 Å². The Labute approximate surface area is 461 Å². The average Bonchev–Trinajstić information content (AvgIpc) is 2.60. The number of aromatic nitrogens is 5. The zero-order valence-corrected chi connectivity index (χ0v) is 44.2. The molecule has 0 aliphatic rings. The summed E-state index contributed by atoms with van der Waals surface area (Å²) in [5.74, 6) is 1.56. The fourth-order valence-corrected chi connectivity index (χ4v) is 11.4. The summed E-state index contributed by atoms with van der Waals surface area (Å²) in [6.45, 7) is 13.2. The summed E-state index contributed by atoms with van der Waals surface area (Å²) in [5, 5.41) is 3.89. The molecule has 0 saturated carbocycles. The maximum absolute atomic E-state index is 9.58. The Kier molecular flexibility index (Phi) is 8.76. The molecule has 75 heavy (non-hydrogen) atoms. The van der Waals surface area contributed by atoms with Crippen molar-refractivity contribution < 1.29 is 37.8 Å². The Bertz CT molecular complexity index is 4860. The van der Waals surface area contributed by atoms with Crippen molar-refractivity contribution >= 4 is 54.6 Å². The molecule has 4 aromatic heterocycles. The van der Waals surface area contributed by atoms with Gasteiger partial charge in [0.2, 0.25) is 0 Å². The van der Waals surface area contributed by atoms with E-state index < -0.39 is 60.4 Å². The second-order valence-corrected chi connectivity index (χ2v) is 21.7. The van der Waals surface area contributed by atoms with Crippen molar-refractivity contribution in [3.05, 3.63) is 239 Å². The van der Waals surface area contributed by atoms with Crippen molar-refractivity contribution in [2.45, 2.75) is 52.4 Å². The van der Waals surface area contributed by atoms with Crippen LogP contribution in [0, 0.1) is 15.9 Å². The van der Waals surface area contributed by atoms with Gasteiger partial charge >= 0.3 is 382 Å². The summed E-state index contributed by atoms with van der Waals surface area (Å²) in [5.41, 5.74) is 7.84. The maximum atomic E-state index is 9.58. The van der Waals surface area contributed by atoms with Crippen molar-refractivity contribution in [3.63, 3.8) is 0 Å². The van der Waals surface area contributed by atoms with Crippen molar-refractivity contribution in [2.24, 2.45) is 0 Å². The third kappa shape index (κ3) is 7.98. The number of rotatable bonds is 8. The predicted octanol–water partition coefficient (Wildman–Crippen LogP) is 17.4. The van der Waals surface area contributed by atoms with E-state index in [2.05, 4.69) is 114 Å². The third-order valence-electron chi connectivity index (χ3n) is 14.0. The van der Waals surface area contributed by atoms with Gasteiger partial charge in [-0.05, 0) is 28.0 Å². The van der Waals surface area contributed by atoms with Gasteiger partial charge in [-0.15, -0.1) is 0 Å². The zero-order chi connectivity index (χ0) is 59.9. The number of para-hydroxylation sites is 4. The van der Waals surface area contributed by atoms with E-state index in [0.717, 1.165) is 55.0 Å². The van der Waals surface area contributed by atoms with E-state index in [1.807, 2.05) is 117 Å². The topological polar surface area (TPSA) is 41.8 Å². The monoisotopic (exact) mass is 1160 g/mol. The Morgan fingerprint density at radius 2 is 1.04 bits per heavy atom. The van der Waals surface area contributed by atoms with Crippen LogP contribution in [0.4, 0.5) is 0 Å². The number of nitrogens with zero attached hydrogens (tertiary/aromatic N) is 5. The van der Waals surface area contributed by atoms with Crippen LogP contribution < -0.4 is 4.74 Å². The first-order valence-electron chi connectivity index (χ1n) is 29.7. The Morgan fingerprint density at radius 3 is 1.67 bits per heavy atom. The van der Waals surface area contributed by atoms with Crippen LogP contribution in [0.2, 0.25) is 0 Å². The standard InChI is InChI=1S/C68H53N5O.Pt/c1-67(2,3)47-32-35-61-58(38-47)55-34-33-52(43-64(55)73(61)65-39-48(36-37-69-65)68(4,5)6)74-51-25-19-24-49(40-51)70-44-71(63-31-18-17-30-62(63)70)66-56(45-20-9-7-10-21-45)41-50(42-57(66)46-22-11-8-12-23-46)72-59-28-15-13-26-53(59)54-27-14-16-29-60(54)72;/h7-39,41-42H,1-6H3;/q-2;/i7D,8D,9D,10D,11D,12D,20D,21D,22D,23D;. The van der Waals surface area contributed by atoms with E-state index in [0.29, 0.717) is 37.7 Å². The number of fused-ring (bicyclic) bond motifs is 7. The fraction of sp³-hybridized carbons (Fsp3) is 0.118. The minimum absolute atomic E-state index is 0.0961. The summed E-state index contributed by atoms with van der Waals surface area (Å²) >= 11 is 2.19. The van der Waals surface area contributed by atoms with Crippen LogP contribution in [-0.2, 0) is 30.2 Å². The van der Waals surface area contributed by atoms with E-state index >= 15 is 0 Å². The molecule has 13 aromatic rings. The molecule has 13 rings (SSSR count). The third-order valence-corrected chi connectivity index (χ3v) is 15.0. The molecule has 0 aliphatic heterocycles. The molecule has 0 saturated heterocycles. The molecule has 7 heteroatoms. The second-order valence-electron chi connectivity index (χ2n) is 20.7. The molecule has 0 radical (unpaired) electrons. The molecule has 0 fully saturated rings. The second kappa shape index (κ2) is 18.0. The normalized spacial score (nSPS) is 14.1. The van der Waals surface area contributed by atoms with Crippen LogP contribution in [-0.4, -0.2) is 23.3 Å². The molecule has 9 aromatic carbocycles. The van der Waals surface area contributed by atoms with Gasteiger partial charge in [0.1, 0.15) is 0 Å². The molecule has 0 amide bonds. The van der Waals surface area contributed by atoms with Crippen LogP contribution >= 0.6 is 0 Å². The number of hydrogen-bond donors (Lipinski definition) is 0. The first-order valence-corrected chi connectivity index (χ1v) is 25.8. The molecule has 0 N–H and O–H groups in total. The van der Waals surface area contributed by atoms with Crippen molar-refractivity contribution in [3.8, 4) is 56.6 Å². The molecular weight excluding hydrogens is 1100 g/mol. The number of hydrogen-bond acceptors (Lipinski definition) is 2. The molecular formula is C68H53N5OPt-2. The van der Waals surface area contributed by atoms with E-state index in [1.54, 1.807) is 12.1 Å². The summed E-state index contributed by atoms with van der Waals surface area (Å²) in [4.78, 5) is 4.91. The number of ether oxygens (including phenoxy) is 1. The van der Waals surface area contributed by atoms with E-state index in [-0.39, 0.29) is 38.8 Å². The average molecular weight is 1160 g/mol. The van der Waals surface area contributed by atoms with E-state index in [4.69, 9.17) is 17.9 Å². The van der Waals surface area contributed by atoms with Gasteiger partial charge in [0, 0.05) is 6.20 Å². The Morgan fingerprint density at radius 1 is 0.480 bits per heavy atom. The molecule has 0 atom stereocenters. The summed E-state index contributed by atoms with van der Waals surface area (Å²) in [6.07, 6.45) is 1.85. The number of imidazole rings is 1.